The maximum absolute atomic E-state index is 14.0. The summed E-state index contributed by atoms with van der Waals surface area (Å²) in [7, 11) is 0. The maximum atomic E-state index is 14.0. The molecule has 3 heterocycles. The molecule has 0 bridgehead atoms. The van der Waals surface area contributed by atoms with Gasteiger partial charge in [-0.2, -0.15) is 32.8 Å². The van der Waals surface area contributed by atoms with E-state index in [4.69, 9.17) is 0 Å². The molecule has 0 spiro atoms. The van der Waals surface area contributed by atoms with Crippen molar-refractivity contribution in [1.29, 1.82) is 0 Å². The van der Waals surface area contributed by atoms with Gasteiger partial charge in [-0.05, 0) is 126 Å². The van der Waals surface area contributed by atoms with Crippen LogP contribution >= 0.6 is 79.6 Å². The number of ketones is 1. The van der Waals surface area contributed by atoms with E-state index in [0.29, 0.717) is 21.1 Å². The smallest absolute Gasteiger partial charge is 0.461 e. The third kappa shape index (κ3) is 22.4. The number of benzene rings is 1. The number of rotatable bonds is 9. The Labute approximate surface area is 384 Å². The number of nitrogens with zero attached hydrogens (tertiary/aromatic N) is 3. The quantitative estimate of drug-likeness (QED) is 0.0310. The number of unbranched alkanes of at least 4 members (excludes halogenated alkanes) is 1. The second-order valence-electron chi connectivity index (χ2n) is 9.92. The van der Waals surface area contributed by atoms with E-state index in [1.807, 2.05) is 28.1 Å². The molecule has 0 aliphatic carbocycles. The summed E-state index contributed by atoms with van der Waals surface area (Å²) in [5, 5.41) is 0. The average molecular weight is 1150 g/mol. The molecule has 0 radical (unpaired) electrons. The molecule has 0 saturated carbocycles. The van der Waals surface area contributed by atoms with Crippen LogP contribution in [0.4, 0.5) is 35.1 Å². The van der Waals surface area contributed by atoms with Crippen LogP contribution in [0.3, 0.4) is 0 Å². The Balaban J connectivity index is -0.000000704. The van der Waals surface area contributed by atoms with Crippen molar-refractivity contribution in [1.82, 2.24) is 15.0 Å². The Kier molecular flexibility index (Phi) is 30.9. The van der Waals surface area contributed by atoms with Crippen molar-refractivity contribution in [3.8, 4) is 0 Å². The van der Waals surface area contributed by atoms with Crippen LogP contribution in [-0.2, 0) is 30.9 Å². The van der Waals surface area contributed by atoms with Gasteiger partial charge in [0, 0.05) is 54.0 Å². The third-order valence-electron chi connectivity index (χ3n) is 5.64. The summed E-state index contributed by atoms with van der Waals surface area (Å²) in [5.74, 6) is -14.9. The first kappa shape index (κ1) is 60.0. The summed E-state index contributed by atoms with van der Waals surface area (Å²) < 4.78 is 115. The van der Waals surface area contributed by atoms with Crippen LogP contribution in [0.5, 0.6) is 0 Å². The first-order valence-corrected chi connectivity index (χ1v) is 19.4. The largest absolute Gasteiger partial charge is 1.00 e. The summed E-state index contributed by atoms with van der Waals surface area (Å²) in [6.07, 6.45) is 6.31. The predicted molar refractivity (Wildman–Crippen MR) is 216 cm³/mol. The first-order chi connectivity index (χ1) is 26.0. The van der Waals surface area contributed by atoms with Gasteiger partial charge in [0.2, 0.25) is 5.78 Å². The molecule has 1 aromatic carbocycles. The topological polar surface area (TPSA) is 108 Å². The van der Waals surface area contributed by atoms with Crippen molar-refractivity contribution in [2.45, 2.75) is 57.7 Å². The molecule has 58 heavy (non-hydrogen) atoms. The Morgan fingerprint density at radius 2 is 1.09 bits per heavy atom. The Hall–Kier alpha value is -2.28. The molecule has 22 heteroatoms. The number of alkyl halides is 7. The van der Waals surface area contributed by atoms with Crippen molar-refractivity contribution in [3.63, 3.8) is 0 Å². The van der Waals surface area contributed by atoms with E-state index in [9.17, 15) is 49.5 Å². The maximum Gasteiger partial charge on any atom is 1.00 e. The fraction of sp³-hybridized carbons (Fsp3) is 0.306. The molecule has 0 amide bonds. The molecule has 0 saturated heterocycles. The molecule has 4 aromatic rings. The standard InChI is InChI=1S/C13H6BrF4NO.C9H8BrF2NO2.C5H3Br2N.C4H5BrF2O2.C4H9.CH4.Li/c14-7-1-4-11(19-6-7)13(17,18)12(20)9-3-2-8(15)5-10(9)16;1-2-15-8(14)9(11,12)7-4-3-6(10)5-13-7;6-4-1-2-5(7)8-3-4;1-2-9-3(8)4(5,6)7;1-3-4-2;;/h1-6H;3-5H,2H2,1H3;1-3H;2H2,1H3;1,3-4H2,2H3;1H4;/q;;;;-1;;+1. The van der Waals surface area contributed by atoms with Crippen LogP contribution in [-0.4, -0.2) is 50.7 Å². The number of hydrogen-bond acceptors (Lipinski definition) is 8. The molecule has 0 unspecified atom stereocenters. The van der Waals surface area contributed by atoms with Crippen LogP contribution in [0, 0.1) is 18.6 Å². The first-order valence-electron chi connectivity index (χ1n) is 15.5. The van der Waals surface area contributed by atoms with Gasteiger partial charge in [-0.15, -0.1) is 0 Å². The zero-order valence-corrected chi connectivity index (χ0v) is 38.2. The molecule has 316 valence electrons. The minimum atomic E-state index is -4.00. The van der Waals surface area contributed by atoms with Crippen molar-refractivity contribution < 1.29 is 77.8 Å². The second kappa shape index (κ2) is 29.9. The van der Waals surface area contributed by atoms with Crippen molar-refractivity contribution in [2.75, 3.05) is 13.2 Å². The van der Waals surface area contributed by atoms with Gasteiger partial charge in [0.25, 0.3) is 0 Å². The number of carbonyl (C=O) groups is 3. The van der Waals surface area contributed by atoms with Crippen LogP contribution in [0.25, 0.3) is 0 Å². The normalized spacial score (nSPS) is 10.4. The number of ether oxygens (including phenoxy) is 2. The van der Waals surface area contributed by atoms with Crippen molar-refractivity contribution in [3.05, 3.63) is 127 Å². The van der Waals surface area contributed by atoms with E-state index in [0.717, 1.165) is 39.9 Å². The number of hydrogen-bond donors (Lipinski definition) is 0. The zero-order valence-electron chi connectivity index (χ0n) is 30.3. The van der Waals surface area contributed by atoms with E-state index >= 15 is 0 Å². The van der Waals surface area contributed by atoms with Crippen LogP contribution in [0.15, 0.2) is 91.2 Å². The van der Waals surface area contributed by atoms with Gasteiger partial charge < -0.3 is 16.4 Å². The number of aromatic nitrogens is 3. The third-order valence-corrected chi connectivity index (χ3v) is 7.84. The molecule has 0 N–H and O–H groups in total. The fourth-order valence-electron chi connectivity index (χ4n) is 2.98. The number of carbonyl (C=O) groups excluding carboxylic acids is 3. The molecule has 0 atom stereocenters. The van der Waals surface area contributed by atoms with Crippen molar-refractivity contribution in [2.24, 2.45) is 0 Å². The van der Waals surface area contributed by atoms with E-state index in [-0.39, 0.29) is 39.5 Å². The number of esters is 2. The van der Waals surface area contributed by atoms with Gasteiger partial charge in [0.1, 0.15) is 27.6 Å². The molecule has 0 aliphatic heterocycles. The Bertz CT molecular complexity index is 1790. The summed E-state index contributed by atoms with van der Waals surface area (Å²) in [4.78, 5) is 40.0. The molecule has 4 rings (SSSR count). The summed E-state index contributed by atoms with van der Waals surface area (Å²) in [6.45, 7) is 8.50. The minimum Gasteiger partial charge on any atom is -0.461 e. The summed E-state index contributed by atoms with van der Waals surface area (Å²) >= 11 is 14.4. The van der Waals surface area contributed by atoms with Gasteiger partial charge in [-0.25, -0.2) is 23.4 Å². The van der Waals surface area contributed by atoms with E-state index in [1.165, 1.54) is 38.6 Å². The van der Waals surface area contributed by atoms with Gasteiger partial charge in [-0.3, -0.25) is 14.8 Å². The van der Waals surface area contributed by atoms with E-state index < -0.39 is 63.0 Å². The number of halogens is 13. The molecule has 0 fully saturated rings. The summed E-state index contributed by atoms with van der Waals surface area (Å²) in [6, 6.07) is 10.3. The molecular formula is C36H35Br5F8LiN3O5. The Morgan fingerprint density at radius 3 is 1.40 bits per heavy atom. The van der Waals surface area contributed by atoms with Gasteiger partial charge >= 0.3 is 47.5 Å². The molecule has 3 aromatic heterocycles. The minimum absolute atomic E-state index is 0. The van der Waals surface area contributed by atoms with Crippen LogP contribution in [0.2, 0.25) is 0 Å². The van der Waals surface area contributed by atoms with Gasteiger partial charge in [0.15, 0.2) is 0 Å². The van der Waals surface area contributed by atoms with Crippen LogP contribution in [0.1, 0.15) is 62.8 Å². The van der Waals surface area contributed by atoms with Gasteiger partial charge in [0.05, 0.1) is 18.8 Å². The zero-order chi connectivity index (χ0) is 43.3. The molecule has 0 aliphatic rings. The summed E-state index contributed by atoms with van der Waals surface area (Å²) in [5.41, 5.74) is -2.32. The fourth-order valence-corrected chi connectivity index (χ4v) is 4.03. The van der Waals surface area contributed by atoms with Crippen molar-refractivity contribution >= 4 is 97.4 Å². The van der Waals surface area contributed by atoms with E-state index in [1.54, 1.807) is 6.20 Å². The number of Topliss-reactive ketones (excluding diaryl/α,β-unsaturated/α-hetero) is 1. The molecular weight excluding hydrogens is 1110 g/mol. The second-order valence-corrected chi connectivity index (χ2v) is 14.5. The molecule has 8 nitrogen and oxygen atoms in total. The van der Waals surface area contributed by atoms with E-state index in [2.05, 4.69) is 102 Å². The average Bonchev–Trinajstić information content (AvgIpc) is 3.14. The number of pyridine rings is 3. The predicted octanol–water partition coefficient (Wildman–Crippen LogP) is 10.0. The SMILES string of the molecule is Brc1ccc(Br)nc1.C.CCOC(=O)C(F)(F)Br.CCOC(=O)C(F)(F)c1ccc(Br)cn1.O=C(c1ccc(F)cc1F)C(F)(F)c1ccc(Br)cn1.[CH2-]CCC.[Li+]. The Morgan fingerprint density at radius 1 is 0.672 bits per heavy atom. The van der Waals surface area contributed by atoms with Crippen LogP contribution < -0.4 is 18.9 Å². The monoisotopic (exact) mass is 1140 g/mol. The van der Waals surface area contributed by atoms with Gasteiger partial charge in [-0.1, -0.05) is 20.8 Å².